The number of rotatable bonds is 8. The maximum atomic E-state index is 12.0. The highest BCUT2D eigenvalue weighted by molar-refractivity contribution is 9.10. The van der Waals surface area contributed by atoms with E-state index in [1.54, 1.807) is 12.1 Å². The molecule has 2 aromatic rings. The van der Waals surface area contributed by atoms with Gasteiger partial charge in [-0.15, -0.1) is 0 Å². The van der Waals surface area contributed by atoms with Gasteiger partial charge in [-0.05, 0) is 36.8 Å². The minimum atomic E-state index is -0.145. The molecule has 24 heavy (non-hydrogen) atoms. The van der Waals surface area contributed by atoms with Gasteiger partial charge < -0.3 is 10.1 Å². The van der Waals surface area contributed by atoms with E-state index in [-0.39, 0.29) is 24.5 Å². The summed E-state index contributed by atoms with van der Waals surface area (Å²) in [7, 11) is 0. The highest BCUT2D eigenvalue weighted by Crippen LogP contribution is 2.13. The van der Waals surface area contributed by atoms with Gasteiger partial charge in [0.05, 0.1) is 6.54 Å². The average Bonchev–Trinajstić information content (AvgIpc) is 2.57. The predicted molar refractivity (Wildman–Crippen MR) is 97.4 cm³/mol. The zero-order valence-corrected chi connectivity index (χ0v) is 15.1. The minimum absolute atomic E-state index is 0.0336. The standard InChI is InChI=1S/C19H20BrNO3/c1-14-3-2-4-17(13-14)24-12-11-21-19(23)10-9-18(22)15-5-7-16(20)8-6-15/h2-8,13H,9-12H2,1H3,(H,21,23). The van der Waals surface area contributed by atoms with Crippen LogP contribution >= 0.6 is 15.9 Å². The molecule has 0 heterocycles. The van der Waals surface area contributed by atoms with Gasteiger partial charge in [0.25, 0.3) is 0 Å². The number of hydrogen-bond acceptors (Lipinski definition) is 3. The molecule has 0 aliphatic heterocycles. The fraction of sp³-hybridized carbons (Fsp3) is 0.263. The van der Waals surface area contributed by atoms with E-state index in [9.17, 15) is 9.59 Å². The summed E-state index contributed by atoms with van der Waals surface area (Å²) < 4.78 is 6.48. The lowest BCUT2D eigenvalue weighted by Gasteiger charge is -2.08. The first-order chi connectivity index (χ1) is 11.5. The molecule has 0 aliphatic carbocycles. The highest BCUT2D eigenvalue weighted by atomic mass is 79.9. The Kier molecular flexibility index (Phi) is 7.00. The monoisotopic (exact) mass is 389 g/mol. The van der Waals surface area contributed by atoms with E-state index < -0.39 is 0 Å². The van der Waals surface area contributed by atoms with E-state index >= 15 is 0 Å². The van der Waals surface area contributed by atoms with Crippen molar-refractivity contribution in [1.29, 1.82) is 0 Å². The van der Waals surface area contributed by atoms with Crippen molar-refractivity contribution in [2.75, 3.05) is 13.2 Å². The fourth-order valence-electron chi connectivity index (χ4n) is 2.16. The first kappa shape index (κ1) is 18.2. The Hall–Kier alpha value is -2.14. The number of hydrogen-bond donors (Lipinski definition) is 1. The van der Waals surface area contributed by atoms with Crippen LogP contribution in [-0.2, 0) is 4.79 Å². The third-order valence-corrected chi connectivity index (χ3v) is 3.96. The number of ether oxygens (including phenoxy) is 1. The van der Waals surface area contributed by atoms with Crippen molar-refractivity contribution in [2.24, 2.45) is 0 Å². The number of amides is 1. The average molecular weight is 390 g/mol. The van der Waals surface area contributed by atoms with E-state index in [4.69, 9.17) is 4.74 Å². The molecule has 0 unspecified atom stereocenters. The van der Waals surface area contributed by atoms with E-state index in [1.807, 2.05) is 43.3 Å². The van der Waals surface area contributed by atoms with E-state index in [2.05, 4.69) is 21.2 Å². The SMILES string of the molecule is Cc1cccc(OCCNC(=O)CCC(=O)c2ccc(Br)cc2)c1. The topological polar surface area (TPSA) is 55.4 Å². The van der Waals surface area contributed by atoms with Crippen LogP contribution in [0, 0.1) is 6.92 Å². The number of benzene rings is 2. The lowest BCUT2D eigenvalue weighted by molar-refractivity contribution is -0.121. The van der Waals surface area contributed by atoms with Crippen LogP contribution in [0.3, 0.4) is 0 Å². The number of carbonyl (C=O) groups is 2. The molecule has 1 N–H and O–H groups in total. The fourth-order valence-corrected chi connectivity index (χ4v) is 2.42. The first-order valence-electron chi connectivity index (χ1n) is 7.79. The summed E-state index contributed by atoms with van der Waals surface area (Å²) in [6.45, 7) is 2.81. The Balaban J connectivity index is 1.64. The molecule has 0 saturated heterocycles. The molecule has 2 aromatic carbocycles. The Morgan fingerprint density at radius 3 is 2.54 bits per heavy atom. The molecular formula is C19H20BrNO3. The molecule has 0 bridgehead atoms. The number of Topliss-reactive ketones (excluding diaryl/α,β-unsaturated/α-hetero) is 1. The molecule has 0 aromatic heterocycles. The van der Waals surface area contributed by atoms with Gasteiger partial charge in [-0.2, -0.15) is 0 Å². The van der Waals surface area contributed by atoms with E-state index in [0.717, 1.165) is 15.8 Å². The van der Waals surface area contributed by atoms with Gasteiger partial charge in [-0.25, -0.2) is 0 Å². The highest BCUT2D eigenvalue weighted by Gasteiger charge is 2.09. The zero-order chi connectivity index (χ0) is 17.4. The summed E-state index contributed by atoms with van der Waals surface area (Å²) in [5.41, 5.74) is 1.75. The third-order valence-electron chi connectivity index (χ3n) is 3.43. The largest absolute Gasteiger partial charge is 0.492 e. The minimum Gasteiger partial charge on any atom is -0.492 e. The molecule has 0 radical (unpaired) electrons. The molecule has 1 amide bonds. The molecule has 2 rings (SSSR count). The summed E-state index contributed by atoms with van der Waals surface area (Å²) in [4.78, 5) is 23.8. The molecule has 0 spiro atoms. The summed E-state index contributed by atoms with van der Waals surface area (Å²) >= 11 is 3.33. The molecular weight excluding hydrogens is 370 g/mol. The van der Waals surface area contributed by atoms with Gasteiger partial charge in [-0.1, -0.05) is 40.2 Å². The summed E-state index contributed by atoms with van der Waals surface area (Å²) in [5.74, 6) is 0.608. The number of ketones is 1. The summed E-state index contributed by atoms with van der Waals surface area (Å²) in [5, 5.41) is 2.76. The maximum absolute atomic E-state index is 12.0. The van der Waals surface area contributed by atoms with Gasteiger partial charge in [0, 0.05) is 22.9 Å². The van der Waals surface area contributed by atoms with Gasteiger partial charge in [0.1, 0.15) is 12.4 Å². The molecule has 0 saturated carbocycles. The van der Waals surface area contributed by atoms with Crippen molar-refractivity contribution in [3.8, 4) is 5.75 Å². The Labute approximate surface area is 150 Å². The second kappa shape index (κ2) is 9.23. The van der Waals surface area contributed by atoms with Crippen LogP contribution in [0.2, 0.25) is 0 Å². The Morgan fingerprint density at radius 2 is 1.83 bits per heavy atom. The van der Waals surface area contributed by atoms with Crippen molar-refractivity contribution in [2.45, 2.75) is 19.8 Å². The number of carbonyl (C=O) groups excluding carboxylic acids is 2. The van der Waals surface area contributed by atoms with Crippen molar-refractivity contribution >= 4 is 27.6 Å². The lowest BCUT2D eigenvalue weighted by atomic mass is 10.1. The van der Waals surface area contributed by atoms with Crippen LogP contribution in [-0.4, -0.2) is 24.8 Å². The van der Waals surface area contributed by atoms with Crippen LogP contribution < -0.4 is 10.1 Å². The molecule has 0 aliphatic rings. The number of aryl methyl sites for hydroxylation is 1. The second-order valence-electron chi connectivity index (χ2n) is 5.44. The summed E-state index contributed by atoms with van der Waals surface area (Å²) in [6, 6.07) is 14.9. The number of nitrogens with one attached hydrogen (secondary N) is 1. The Morgan fingerprint density at radius 1 is 1.08 bits per heavy atom. The third kappa shape index (κ3) is 6.16. The molecule has 4 nitrogen and oxygen atoms in total. The smallest absolute Gasteiger partial charge is 0.220 e. The van der Waals surface area contributed by atoms with Gasteiger partial charge in [-0.3, -0.25) is 9.59 Å². The van der Waals surface area contributed by atoms with Crippen LogP contribution in [0.15, 0.2) is 53.0 Å². The van der Waals surface area contributed by atoms with Crippen molar-refractivity contribution in [1.82, 2.24) is 5.32 Å². The van der Waals surface area contributed by atoms with Crippen LogP contribution in [0.25, 0.3) is 0 Å². The maximum Gasteiger partial charge on any atom is 0.220 e. The molecule has 0 atom stereocenters. The number of halogens is 1. The van der Waals surface area contributed by atoms with Crippen LogP contribution in [0.5, 0.6) is 5.75 Å². The van der Waals surface area contributed by atoms with Crippen LogP contribution in [0.4, 0.5) is 0 Å². The van der Waals surface area contributed by atoms with Crippen molar-refractivity contribution in [3.05, 3.63) is 64.1 Å². The predicted octanol–water partition coefficient (Wildman–Crippen LogP) is 3.92. The first-order valence-corrected chi connectivity index (χ1v) is 8.59. The van der Waals surface area contributed by atoms with Gasteiger partial charge in [0.15, 0.2) is 5.78 Å². The van der Waals surface area contributed by atoms with Crippen molar-refractivity contribution in [3.63, 3.8) is 0 Å². The van der Waals surface area contributed by atoms with Gasteiger partial charge >= 0.3 is 0 Å². The molecule has 5 heteroatoms. The van der Waals surface area contributed by atoms with Crippen LogP contribution in [0.1, 0.15) is 28.8 Å². The quantitative estimate of drug-likeness (QED) is 0.549. The van der Waals surface area contributed by atoms with Gasteiger partial charge in [0.2, 0.25) is 5.91 Å². The van der Waals surface area contributed by atoms with E-state index in [1.165, 1.54) is 0 Å². The zero-order valence-electron chi connectivity index (χ0n) is 13.5. The van der Waals surface area contributed by atoms with E-state index in [0.29, 0.717) is 18.7 Å². The summed E-state index contributed by atoms with van der Waals surface area (Å²) in [6.07, 6.45) is 0.381. The Bertz CT molecular complexity index is 698. The lowest BCUT2D eigenvalue weighted by Crippen LogP contribution is -2.28. The van der Waals surface area contributed by atoms with Crippen molar-refractivity contribution < 1.29 is 14.3 Å². The normalized spacial score (nSPS) is 10.2. The second-order valence-corrected chi connectivity index (χ2v) is 6.36. The molecule has 0 fully saturated rings. The molecule has 126 valence electrons.